The van der Waals surface area contributed by atoms with Gasteiger partial charge < -0.3 is 4.74 Å². The van der Waals surface area contributed by atoms with E-state index in [1.54, 1.807) is 12.1 Å². The van der Waals surface area contributed by atoms with E-state index in [0.717, 1.165) is 50.2 Å². The summed E-state index contributed by atoms with van der Waals surface area (Å²) in [5.74, 6) is -2.30. The van der Waals surface area contributed by atoms with E-state index < -0.39 is 11.6 Å². The van der Waals surface area contributed by atoms with Gasteiger partial charge in [-0.2, -0.15) is 0 Å². The molecule has 0 saturated carbocycles. The lowest BCUT2D eigenvalue weighted by Gasteiger charge is -2.39. The van der Waals surface area contributed by atoms with Crippen LogP contribution in [0.25, 0.3) is 0 Å². The van der Waals surface area contributed by atoms with Crippen LogP contribution in [0, 0.1) is 11.6 Å². The highest BCUT2D eigenvalue weighted by Gasteiger charge is 2.42. The van der Waals surface area contributed by atoms with Gasteiger partial charge in [0.25, 0.3) is 0 Å². The number of ether oxygens (including phenoxy) is 1. The van der Waals surface area contributed by atoms with Crippen LogP contribution in [-0.4, -0.2) is 28.8 Å². The van der Waals surface area contributed by atoms with Gasteiger partial charge in [0.05, 0.1) is 12.2 Å². The number of carbonyl (C=O) groups excluding carboxylic acids is 1. The number of hydrogen-bond acceptors (Lipinski definition) is 4. The minimum Gasteiger partial charge on any atom is -0.365 e. The van der Waals surface area contributed by atoms with Crippen molar-refractivity contribution >= 4 is 5.78 Å². The number of pyridine rings is 1. The number of fused-ring (bicyclic) bond motifs is 2. The van der Waals surface area contributed by atoms with E-state index in [-0.39, 0.29) is 16.9 Å². The van der Waals surface area contributed by atoms with Gasteiger partial charge in [0, 0.05) is 48.7 Å². The molecule has 1 spiro atoms. The van der Waals surface area contributed by atoms with Crippen molar-refractivity contribution in [3.05, 3.63) is 100 Å². The van der Waals surface area contributed by atoms with Crippen LogP contribution in [0.4, 0.5) is 8.78 Å². The van der Waals surface area contributed by atoms with Crippen LogP contribution in [0.3, 0.4) is 0 Å². The summed E-state index contributed by atoms with van der Waals surface area (Å²) < 4.78 is 32.7. The Balaban J connectivity index is 1.22. The first-order chi connectivity index (χ1) is 15.0. The fraction of sp³-hybridized carbons (Fsp3) is 0.280. The zero-order valence-corrected chi connectivity index (χ0v) is 17.0. The molecule has 4 nitrogen and oxygen atoms in total. The van der Waals surface area contributed by atoms with Crippen LogP contribution >= 0.6 is 0 Å². The zero-order chi connectivity index (χ0) is 21.4. The summed E-state index contributed by atoms with van der Waals surface area (Å²) in [6, 6.07) is 12.6. The highest BCUT2D eigenvalue weighted by Crippen LogP contribution is 2.43. The maximum Gasteiger partial charge on any atom is 0.193 e. The predicted molar refractivity (Wildman–Crippen MR) is 111 cm³/mol. The smallest absolute Gasteiger partial charge is 0.193 e. The lowest BCUT2D eigenvalue weighted by atomic mass is 9.84. The van der Waals surface area contributed by atoms with Gasteiger partial charge in [-0.15, -0.1) is 0 Å². The molecule has 158 valence electrons. The molecule has 31 heavy (non-hydrogen) atoms. The van der Waals surface area contributed by atoms with Gasteiger partial charge in [-0.25, -0.2) is 8.78 Å². The van der Waals surface area contributed by atoms with Crippen molar-refractivity contribution in [2.75, 3.05) is 13.1 Å². The largest absolute Gasteiger partial charge is 0.365 e. The van der Waals surface area contributed by atoms with Crippen molar-refractivity contribution in [3.63, 3.8) is 0 Å². The summed E-state index contributed by atoms with van der Waals surface area (Å²) in [5.41, 5.74) is 3.96. The molecule has 5 rings (SSSR count). The number of rotatable bonds is 4. The maximum atomic E-state index is 13.4. The van der Waals surface area contributed by atoms with E-state index in [0.29, 0.717) is 12.2 Å². The molecule has 0 amide bonds. The van der Waals surface area contributed by atoms with Crippen molar-refractivity contribution in [2.24, 2.45) is 0 Å². The molecule has 0 radical (unpaired) electrons. The van der Waals surface area contributed by atoms with Gasteiger partial charge >= 0.3 is 0 Å². The Labute approximate surface area is 179 Å². The summed E-state index contributed by atoms with van der Waals surface area (Å²) in [4.78, 5) is 19.2. The van der Waals surface area contributed by atoms with E-state index in [9.17, 15) is 13.6 Å². The summed E-state index contributed by atoms with van der Waals surface area (Å²) in [6.07, 6.45) is 5.62. The van der Waals surface area contributed by atoms with Crippen LogP contribution < -0.4 is 0 Å². The number of hydrogen-bond donors (Lipinski definition) is 0. The third-order valence-electron chi connectivity index (χ3n) is 6.37. The second kappa shape index (κ2) is 7.94. The number of ketones is 1. The molecule has 3 aromatic rings. The van der Waals surface area contributed by atoms with Gasteiger partial charge in [0.1, 0.15) is 0 Å². The molecule has 1 aromatic heterocycles. The molecule has 6 heteroatoms. The highest BCUT2D eigenvalue weighted by atomic mass is 19.2. The molecule has 3 heterocycles. The summed E-state index contributed by atoms with van der Waals surface area (Å²) in [7, 11) is 0. The van der Waals surface area contributed by atoms with Gasteiger partial charge in [0.15, 0.2) is 17.4 Å². The topological polar surface area (TPSA) is 42.4 Å². The van der Waals surface area contributed by atoms with Gasteiger partial charge in [0.2, 0.25) is 0 Å². The Morgan fingerprint density at radius 1 is 1.00 bits per heavy atom. The quantitative estimate of drug-likeness (QED) is 0.578. The average molecular weight is 420 g/mol. The Morgan fingerprint density at radius 2 is 1.74 bits per heavy atom. The standard InChI is InChI=1S/C25H22F2N2O2/c26-22-6-5-19(13-23(22)27)24(30)18-3-1-17(2-4-18)15-29-11-8-25(9-12-29)21-14-28-10-7-20(21)16-31-25/h1-7,10,13-14H,8-9,11-12,15-16H2. The van der Waals surface area contributed by atoms with Crippen LogP contribution in [0.1, 0.15) is 45.5 Å². The Hall–Kier alpha value is -2.96. The highest BCUT2D eigenvalue weighted by molar-refractivity contribution is 6.08. The Kier molecular flexibility index (Phi) is 5.12. The molecule has 0 unspecified atom stereocenters. The van der Waals surface area contributed by atoms with Crippen LogP contribution in [0.15, 0.2) is 60.9 Å². The molecule has 2 aromatic carbocycles. The molecule has 2 aliphatic rings. The number of halogens is 2. The molecule has 0 aliphatic carbocycles. The SMILES string of the molecule is O=C(c1ccc(CN2CCC3(CC2)OCc2ccncc23)cc1)c1ccc(F)c(F)c1. The number of aromatic nitrogens is 1. The molecular weight excluding hydrogens is 398 g/mol. The van der Waals surface area contributed by atoms with Crippen LogP contribution in [0.5, 0.6) is 0 Å². The Morgan fingerprint density at radius 3 is 2.48 bits per heavy atom. The van der Waals surface area contributed by atoms with E-state index in [2.05, 4.69) is 9.88 Å². The molecule has 0 bridgehead atoms. The Bertz CT molecular complexity index is 1120. The summed E-state index contributed by atoms with van der Waals surface area (Å²) in [6.45, 7) is 3.29. The second-order valence-corrected chi connectivity index (χ2v) is 8.25. The molecule has 1 fully saturated rings. The van der Waals surface area contributed by atoms with E-state index in [1.165, 1.54) is 17.2 Å². The molecular formula is C25H22F2N2O2. The molecule has 0 N–H and O–H groups in total. The summed E-state index contributed by atoms with van der Waals surface area (Å²) >= 11 is 0. The summed E-state index contributed by atoms with van der Waals surface area (Å²) in [5, 5.41) is 0. The fourth-order valence-corrected chi connectivity index (χ4v) is 4.56. The van der Waals surface area contributed by atoms with Crippen LogP contribution in [-0.2, 0) is 23.5 Å². The fourth-order valence-electron chi connectivity index (χ4n) is 4.56. The minimum absolute atomic E-state index is 0.138. The van der Waals surface area contributed by atoms with E-state index in [1.807, 2.05) is 30.6 Å². The van der Waals surface area contributed by atoms with Gasteiger partial charge in [-0.3, -0.25) is 14.7 Å². The number of benzene rings is 2. The first-order valence-corrected chi connectivity index (χ1v) is 10.4. The zero-order valence-electron chi connectivity index (χ0n) is 17.0. The average Bonchev–Trinajstić information content (AvgIpc) is 3.16. The maximum absolute atomic E-state index is 13.4. The van der Waals surface area contributed by atoms with Crippen molar-refractivity contribution in [1.29, 1.82) is 0 Å². The van der Waals surface area contributed by atoms with Crippen molar-refractivity contribution in [3.8, 4) is 0 Å². The molecule has 1 saturated heterocycles. The van der Waals surface area contributed by atoms with E-state index in [4.69, 9.17) is 4.74 Å². The minimum atomic E-state index is -1.02. The lowest BCUT2D eigenvalue weighted by molar-refractivity contribution is -0.0800. The lowest BCUT2D eigenvalue weighted by Crippen LogP contribution is -2.42. The first kappa shape index (κ1) is 20.0. The third kappa shape index (κ3) is 3.77. The first-order valence-electron chi connectivity index (χ1n) is 10.4. The number of nitrogens with zero attached hydrogens (tertiary/aromatic N) is 2. The molecule has 0 atom stereocenters. The number of likely N-dealkylation sites (tertiary alicyclic amines) is 1. The van der Waals surface area contributed by atoms with Crippen molar-refractivity contribution < 1.29 is 18.3 Å². The number of piperidine rings is 1. The molecule has 2 aliphatic heterocycles. The van der Waals surface area contributed by atoms with Crippen LogP contribution in [0.2, 0.25) is 0 Å². The predicted octanol–water partition coefficient (Wildman–Crippen LogP) is 4.61. The van der Waals surface area contributed by atoms with Crippen molar-refractivity contribution in [1.82, 2.24) is 9.88 Å². The monoisotopic (exact) mass is 420 g/mol. The second-order valence-electron chi connectivity index (χ2n) is 8.25. The van der Waals surface area contributed by atoms with Gasteiger partial charge in [-0.05, 0) is 48.2 Å². The normalized spacial score (nSPS) is 17.6. The van der Waals surface area contributed by atoms with Gasteiger partial charge in [-0.1, -0.05) is 24.3 Å². The van der Waals surface area contributed by atoms with E-state index >= 15 is 0 Å². The van der Waals surface area contributed by atoms with Crippen molar-refractivity contribution in [2.45, 2.75) is 31.6 Å². The number of carbonyl (C=O) groups is 1. The third-order valence-corrected chi connectivity index (χ3v) is 6.37.